The fourth-order valence-corrected chi connectivity index (χ4v) is 2.52. The number of unbranched alkanes of at least 4 members (excludes halogenated alkanes) is 2. The molecule has 0 aromatic rings. The Bertz CT molecular complexity index is 233. The van der Waals surface area contributed by atoms with E-state index in [1.54, 1.807) is 0 Å². The lowest BCUT2D eigenvalue weighted by Gasteiger charge is -2.27. The van der Waals surface area contributed by atoms with Gasteiger partial charge < -0.3 is 10.0 Å². The molecule has 0 aliphatic carbocycles. The third-order valence-corrected chi connectivity index (χ3v) is 3.52. The van der Waals surface area contributed by atoms with Crippen LogP contribution in [0.25, 0.3) is 0 Å². The van der Waals surface area contributed by atoms with Crippen molar-refractivity contribution in [3.8, 4) is 0 Å². The van der Waals surface area contributed by atoms with E-state index in [0.29, 0.717) is 12.5 Å². The molecule has 1 N–H and O–H groups in total. The highest BCUT2D eigenvalue weighted by Crippen LogP contribution is 2.10. The van der Waals surface area contributed by atoms with Gasteiger partial charge in [0, 0.05) is 19.0 Å². The Morgan fingerprint density at radius 3 is 2.76 bits per heavy atom. The third kappa shape index (κ3) is 6.03. The normalized spacial score (nSPS) is 23.5. The summed E-state index contributed by atoms with van der Waals surface area (Å²) in [6, 6.07) is 0.627. The van der Waals surface area contributed by atoms with Gasteiger partial charge >= 0.3 is 5.97 Å². The highest BCUT2D eigenvalue weighted by Gasteiger charge is 2.18. The number of likely N-dealkylation sites (N-methyl/N-ethyl adjacent to an activating group) is 1. The molecular formula is C13H26N2O2. The van der Waals surface area contributed by atoms with E-state index in [1.165, 1.54) is 19.5 Å². The van der Waals surface area contributed by atoms with Gasteiger partial charge in [-0.15, -0.1) is 0 Å². The van der Waals surface area contributed by atoms with Crippen molar-refractivity contribution in [2.45, 2.75) is 45.1 Å². The van der Waals surface area contributed by atoms with Crippen LogP contribution in [0.5, 0.6) is 0 Å². The number of hydrogen-bond donors (Lipinski definition) is 1. The van der Waals surface area contributed by atoms with Gasteiger partial charge in [-0.1, -0.05) is 6.42 Å². The van der Waals surface area contributed by atoms with Crippen LogP contribution in [0.1, 0.15) is 39.0 Å². The zero-order chi connectivity index (χ0) is 12.7. The molecule has 1 heterocycles. The van der Waals surface area contributed by atoms with Gasteiger partial charge in [0.15, 0.2) is 0 Å². The third-order valence-electron chi connectivity index (χ3n) is 3.52. The van der Waals surface area contributed by atoms with E-state index in [4.69, 9.17) is 5.11 Å². The van der Waals surface area contributed by atoms with E-state index < -0.39 is 5.97 Å². The Morgan fingerprint density at radius 2 is 2.06 bits per heavy atom. The van der Waals surface area contributed by atoms with Crippen molar-refractivity contribution in [1.82, 2.24) is 9.80 Å². The monoisotopic (exact) mass is 242 g/mol. The predicted octanol–water partition coefficient (Wildman–Crippen LogP) is 1.66. The summed E-state index contributed by atoms with van der Waals surface area (Å²) >= 11 is 0. The van der Waals surface area contributed by atoms with Crippen molar-refractivity contribution >= 4 is 5.97 Å². The summed E-state index contributed by atoms with van der Waals surface area (Å²) in [5.74, 6) is -0.672. The average molecular weight is 242 g/mol. The minimum Gasteiger partial charge on any atom is -0.481 e. The fourth-order valence-electron chi connectivity index (χ4n) is 2.52. The summed E-state index contributed by atoms with van der Waals surface area (Å²) in [6.07, 6.45) is 4.54. The minimum atomic E-state index is -0.672. The number of rotatable bonds is 6. The van der Waals surface area contributed by atoms with Crippen molar-refractivity contribution in [2.24, 2.45) is 0 Å². The van der Waals surface area contributed by atoms with Crippen molar-refractivity contribution in [3.05, 3.63) is 0 Å². The molecule has 1 fully saturated rings. The Morgan fingerprint density at radius 1 is 1.29 bits per heavy atom. The first-order valence-corrected chi connectivity index (χ1v) is 6.74. The van der Waals surface area contributed by atoms with E-state index in [1.807, 2.05) is 0 Å². The molecule has 0 bridgehead atoms. The van der Waals surface area contributed by atoms with Crippen molar-refractivity contribution < 1.29 is 9.90 Å². The largest absolute Gasteiger partial charge is 0.481 e. The smallest absolute Gasteiger partial charge is 0.303 e. The van der Waals surface area contributed by atoms with Gasteiger partial charge in [0.1, 0.15) is 0 Å². The molecule has 4 nitrogen and oxygen atoms in total. The number of hydrogen-bond acceptors (Lipinski definition) is 3. The molecule has 0 radical (unpaired) electrons. The van der Waals surface area contributed by atoms with E-state index in [2.05, 4.69) is 23.8 Å². The fraction of sp³-hybridized carbons (Fsp3) is 0.923. The number of aliphatic carboxylic acids is 1. The summed E-state index contributed by atoms with van der Waals surface area (Å²) in [5.41, 5.74) is 0. The lowest BCUT2D eigenvalue weighted by Crippen LogP contribution is -2.38. The topological polar surface area (TPSA) is 43.8 Å². The summed E-state index contributed by atoms with van der Waals surface area (Å²) in [7, 11) is 2.19. The molecule has 0 aromatic carbocycles. The first kappa shape index (κ1) is 14.5. The molecule has 1 saturated heterocycles. The second-order valence-corrected chi connectivity index (χ2v) is 5.21. The molecule has 0 amide bonds. The second kappa shape index (κ2) is 7.67. The maximum atomic E-state index is 10.4. The standard InChI is InChI=1S/C13H26N2O2/c1-12-11-14(2)8-6-10-15(12)9-5-3-4-7-13(16)17/h12H,3-11H2,1-2H3,(H,16,17). The van der Waals surface area contributed by atoms with Crippen LogP contribution in [-0.4, -0.2) is 60.1 Å². The summed E-state index contributed by atoms with van der Waals surface area (Å²) in [6.45, 7) is 6.94. The Kier molecular flexibility index (Phi) is 6.52. The highest BCUT2D eigenvalue weighted by atomic mass is 16.4. The van der Waals surface area contributed by atoms with Gasteiger partial charge in [-0.3, -0.25) is 9.69 Å². The summed E-state index contributed by atoms with van der Waals surface area (Å²) in [4.78, 5) is 15.3. The molecule has 4 heteroatoms. The molecule has 0 spiro atoms. The van der Waals surface area contributed by atoms with Gasteiger partial charge in [0.2, 0.25) is 0 Å². The van der Waals surface area contributed by atoms with Crippen LogP contribution in [0.2, 0.25) is 0 Å². The van der Waals surface area contributed by atoms with Crippen LogP contribution < -0.4 is 0 Å². The van der Waals surface area contributed by atoms with Gasteiger partial charge in [-0.2, -0.15) is 0 Å². The predicted molar refractivity (Wildman–Crippen MR) is 69.3 cm³/mol. The van der Waals surface area contributed by atoms with E-state index in [0.717, 1.165) is 32.4 Å². The molecule has 0 saturated carbocycles. The lowest BCUT2D eigenvalue weighted by molar-refractivity contribution is -0.137. The zero-order valence-corrected chi connectivity index (χ0v) is 11.2. The Balaban J connectivity index is 2.14. The number of carboxylic acids is 1. The molecule has 1 atom stereocenters. The zero-order valence-electron chi connectivity index (χ0n) is 11.2. The highest BCUT2D eigenvalue weighted by molar-refractivity contribution is 5.66. The van der Waals surface area contributed by atoms with Crippen LogP contribution in [0, 0.1) is 0 Å². The number of carbonyl (C=O) groups is 1. The summed E-state index contributed by atoms with van der Waals surface area (Å²) in [5, 5.41) is 8.55. The van der Waals surface area contributed by atoms with Crippen molar-refractivity contribution in [3.63, 3.8) is 0 Å². The second-order valence-electron chi connectivity index (χ2n) is 5.21. The van der Waals surface area contributed by atoms with E-state index >= 15 is 0 Å². The first-order valence-electron chi connectivity index (χ1n) is 6.74. The van der Waals surface area contributed by atoms with Crippen LogP contribution in [0.4, 0.5) is 0 Å². The van der Waals surface area contributed by atoms with Crippen molar-refractivity contribution in [2.75, 3.05) is 33.2 Å². The molecule has 0 aromatic heterocycles. The molecular weight excluding hydrogens is 216 g/mol. The molecule has 1 aliphatic heterocycles. The van der Waals surface area contributed by atoms with Crippen LogP contribution in [0.3, 0.4) is 0 Å². The van der Waals surface area contributed by atoms with Gasteiger partial charge in [0.05, 0.1) is 0 Å². The molecule has 17 heavy (non-hydrogen) atoms. The van der Waals surface area contributed by atoms with Crippen LogP contribution in [0.15, 0.2) is 0 Å². The van der Waals surface area contributed by atoms with E-state index in [-0.39, 0.29) is 0 Å². The quantitative estimate of drug-likeness (QED) is 0.719. The van der Waals surface area contributed by atoms with Gasteiger partial charge in [-0.25, -0.2) is 0 Å². The van der Waals surface area contributed by atoms with E-state index in [9.17, 15) is 4.79 Å². The first-order chi connectivity index (χ1) is 8.09. The SMILES string of the molecule is CC1CN(C)CCCN1CCCCCC(=O)O. The maximum Gasteiger partial charge on any atom is 0.303 e. The van der Waals surface area contributed by atoms with Gasteiger partial charge in [0.25, 0.3) is 0 Å². The molecule has 1 unspecified atom stereocenters. The van der Waals surface area contributed by atoms with Crippen LogP contribution >= 0.6 is 0 Å². The average Bonchev–Trinajstić information content (AvgIpc) is 2.39. The Labute approximate surface area is 105 Å². The molecule has 1 rings (SSSR count). The lowest BCUT2D eigenvalue weighted by atomic mass is 10.1. The summed E-state index contributed by atoms with van der Waals surface area (Å²) < 4.78 is 0. The minimum absolute atomic E-state index is 0.318. The number of nitrogens with zero attached hydrogens (tertiary/aromatic N) is 2. The molecule has 1 aliphatic rings. The number of carboxylic acid groups (broad SMARTS) is 1. The maximum absolute atomic E-state index is 10.4. The van der Waals surface area contributed by atoms with Crippen LogP contribution in [-0.2, 0) is 4.79 Å². The molecule has 100 valence electrons. The Hall–Kier alpha value is -0.610. The van der Waals surface area contributed by atoms with Gasteiger partial charge in [-0.05, 0) is 52.9 Å². The van der Waals surface area contributed by atoms with Crippen molar-refractivity contribution in [1.29, 1.82) is 0 Å².